The van der Waals surface area contributed by atoms with Crippen molar-refractivity contribution in [1.29, 1.82) is 0 Å². The van der Waals surface area contributed by atoms with E-state index in [1.807, 2.05) is 18.2 Å². The topological polar surface area (TPSA) is 12.0 Å². The standard InChI is InChI=1S/C11H14BrCl2N/c1-8(5-6-12)15-7-9-10(13)3-2-4-11(9)14/h2-4,8,15H,5-7H2,1H3. The molecule has 0 saturated heterocycles. The summed E-state index contributed by atoms with van der Waals surface area (Å²) < 4.78 is 0. The molecule has 0 fully saturated rings. The molecule has 0 aliphatic rings. The summed E-state index contributed by atoms with van der Waals surface area (Å²) in [5.41, 5.74) is 0.974. The van der Waals surface area contributed by atoms with E-state index in [0.717, 1.165) is 27.4 Å². The number of benzene rings is 1. The monoisotopic (exact) mass is 309 g/mol. The maximum Gasteiger partial charge on any atom is 0.0465 e. The molecular formula is C11H14BrCl2N. The van der Waals surface area contributed by atoms with Gasteiger partial charge in [0.25, 0.3) is 0 Å². The molecule has 0 aliphatic heterocycles. The van der Waals surface area contributed by atoms with Crippen molar-refractivity contribution in [3.8, 4) is 0 Å². The zero-order chi connectivity index (χ0) is 11.3. The second-order valence-corrected chi connectivity index (χ2v) is 5.07. The van der Waals surface area contributed by atoms with Crippen LogP contribution in [-0.2, 0) is 6.54 Å². The van der Waals surface area contributed by atoms with Crippen molar-refractivity contribution in [2.24, 2.45) is 0 Å². The average molecular weight is 311 g/mol. The fourth-order valence-corrected chi connectivity index (χ4v) is 2.46. The largest absolute Gasteiger partial charge is 0.310 e. The molecule has 0 bridgehead atoms. The molecule has 0 aromatic heterocycles. The van der Waals surface area contributed by atoms with Gasteiger partial charge in [0.15, 0.2) is 0 Å². The summed E-state index contributed by atoms with van der Waals surface area (Å²) in [4.78, 5) is 0. The van der Waals surface area contributed by atoms with Crippen molar-refractivity contribution in [2.75, 3.05) is 5.33 Å². The van der Waals surface area contributed by atoms with Gasteiger partial charge in [-0.2, -0.15) is 0 Å². The van der Waals surface area contributed by atoms with Gasteiger partial charge < -0.3 is 5.32 Å². The van der Waals surface area contributed by atoms with Gasteiger partial charge in [-0.25, -0.2) is 0 Å². The highest BCUT2D eigenvalue weighted by Gasteiger charge is 2.06. The lowest BCUT2D eigenvalue weighted by molar-refractivity contribution is 0.538. The van der Waals surface area contributed by atoms with Crippen molar-refractivity contribution in [2.45, 2.75) is 25.9 Å². The van der Waals surface area contributed by atoms with E-state index < -0.39 is 0 Å². The first-order valence-corrected chi connectivity index (χ1v) is 6.75. The van der Waals surface area contributed by atoms with Crippen LogP contribution in [0.1, 0.15) is 18.9 Å². The zero-order valence-corrected chi connectivity index (χ0v) is 11.7. The van der Waals surface area contributed by atoms with Crippen LogP contribution in [0.5, 0.6) is 0 Å². The van der Waals surface area contributed by atoms with E-state index in [1.54, 1.807) is 0 Å². The third kappa shape index (κ3) is 4.31. The highest BCUT2D eigenvalue weighted by molar-refractivity contribution is 9.09. The quantitative estimate of drug-likeness (QED) is 0.801. The Morgan fingerprint density at radius 3 is 2.47 bits per heavy atom. The Labute approximate surface area is 109 Å². The second-order valence-electron chi connectivity index (χ2n) is 3.46. The average Bonchev–Trinajstić information content (AvgIpc) is 2.17. The first-order valence-electron chi connectivity index (χ1n) is 4.87. The zero-order valence-electron chi connectivity index (χ0n) is 8.56. The first-order chi connectivity index (χ1) is 7.15. The van der Waals surface area contributed by atoms with Crippen LogP contribution in [0, 0.1) is 0 Å². The van der Waals surface area contributed by atoms with Crippen molar-refractivity contribution in [1.82, 2.24) is 5.32 Å². The molecule has 1 atom stereocenters. The number of alkyl halides is 1. The predicted molar refractivity (Wildman–Crippen MR) is 71.2 cm³/mol. The van der Waals surface area contributed by atoms with Gasteiger partial charge in [-0.05, 0) is 25.5 Å². The van der Waals surface area contributed by atoms with Crippen molar-refractivity contribution >= 4 is 39.1 Å². The van der Waals surface area contributed by atoms with E-state index in [1.165, 1.54) is 0 Å². The Morgan fingerprint density at radius 1 is 1.33 bits per heavy atom. The summed E-state index contributed by atoms with van der Waals surface area (Å²) in [5.74, 6) is 0. The minimum atomic E-state index is 0.455. The Morgan fingerprint density at radius 2 is 1.93 bits per heavy atom. The summed E-state index contributed by atoms with van der Waals surface area (Å²) >= 11 is 15.5. The van der Waals surface area contributed by atoms with Crippen molar-refractivity contribution < 1.29 is 0 Å². The third-order valence-electron chi connectivity index (χ3n) is 2.23. The molecule has 0 heterocycles. The molecule has 84 valence electrons. The van der Waals surface area contributed by atoms with Gasteiger partial charge >= 0.3 is 0 Å². The molecule has 1 aromatic rings. The lowest BCUT2D eigenvalue weighted by Crippen LogP contribution is -2.26. The van der Waals surface area contributed by atoms with Crippen LogP contribution in [-0.4, -0.2) is 11.4 Å². The van der Waals surface area contributed by atoms with Crippen LogP contribution in [0.3, 0.4) is 0 Å². The predicted octanol–water partition coefficient (Wildman–Crippen LogP) is 4.26. The minimum Gasteiger partial charge on any atom is -0.310 e. The van der Waals surface area contributed by atoms with Gasteiger partial charge in [0.1, 0.15) is 0 Å². The lowest BCUT2D eigenvalue weighted by atomic mass is 10.2. The van der Waals surface area contributed by atoms with Gasteiger partial charge in [0.2, 0.25) is 0 Å². The van der Waals surface area contributed by atoms with Crippen molar-refractivity contribution in [3.63, 3.8) is 0 Å². The van der Waals surface area contributed by atoms with Crippen LogP contribution < -0.4 is 5.32 Å². The van der Waals surface area contributed by atoms with E-state index >= 15 is 0 Å². The maximum atomic E-state index is 6.06. The number of hydrogen-bond donors (Lipinski definition) is 1. The Bertz CT molecular complexity index is 297. The van der Waals surface area contributed by atoms with Crippen LogP contribution in [0.4, 0.5) is 0 Å². The summed E-state index contributed by atoms with van der Waals surface area (Å²) in [6, 6.07) is 6.03. The van der Waals surface area contributed by atoms with Crippen LogP contribution in [0.25, 0.3) is 0 Å². The molecule has 0 spiro atoms. The molecule has 1 rings (SSSR count). The Balaban J connectivity index is 2.57. The van der Waals surface area contributed by atoms with Gasteiger partial charge in [0.05, 0.1) is 0 Å². The number of hydrogen-bond acceptors (Lipinski definition) is 1. The lowest BCUT2D eigenvalue weighted by Gasteiger charge is -2.13. The molecule has 0 radical (unpaired) electrons. The fraction of sp³-hybridized carbons (Fsp3) is 0.455. The summed E-state index contributed by atoms with van der Waals surface area (Å²) in [7, 11) is 0. The molecule has 1 aromatic carbocycles. The van der Waals surface area contributed by atoms with Gasteiger partial charge in [0, 0.05) is 33.5 Å². The summed E-state index contributed by atoms with van der Waals surface area (Å²) in [6.07, 6.45) is 1.09. The van der Waals surface area contributed by atoms with E-state index in [9.17, 15) is 0 Å². The van der Waals surface area contributed by atoms with Gasteiger partial charge in [-0.3, -0.25) is 0 Å². The Kier molecular flexibility index (Phi) is 5.98. The molecule has 0 saturated carbocycles. The summed E-state index contributed by atoms with van der Waals surface area (Å²) in [5, 5.41) is 5.83. The van der Waals surface area contributed by atoms with Crippen LogP contribution in [0.2, 0.25) is 10.0 Å². The highest BCUT2D eigenvalue weighted by Crippen LogP contribution is 2.23. The van der Waals surface area contributed by atoms with Crippen LogP contribution >= 0.6 is 39.1 Å². The van der Waals surface area contributed by atoms with E-state index in [-0.39, 0.29) is 0 Å². The van der Waals surface area contributed by atoms with Gasteiger partial charge in [-0.1, -0.05) is 45.2 Å². The minimum absolute atomic E-state index is 0.455. The Hall–Kier alpha value is 0.240. The summed E-state index contributed by atoms with van der Waals surface area (Å²) in [6.45, 7) is 2.86. The van der Waals surface area contributed by atoms with Crippen molar-refractivity contribution in [3.05, 3.63) is 33.8 Å². The molecule has 1 unspecified atom stereocenters. The number of rotatable bonds is 5. The molecule has 1 nitrogen and oxygen atoms in total. The molecule has 15 heavy (non-hydrogen) atoms. The SMILES string of the molecule is CC(CCBr)NCc1c(Cl)cccc1Cl. The highest BCUT2D eigenvalue weighted by atomic mass is 79.9. The van der Waals surface area contributed by atoms with E-state index in [2.05, 4.69) is 28.2 Å². The smallest absolute Gasteiger partial charge is 0.0465 e. The van der Waals surface area contributed by atoms with Gasteiger partial charge in [-0.15, -0.1) is 0 Å². The number of nitrogens with one attached hydrogen (secondary N) is 1. The molecular weight excluding hydrogens is 297 g/mol. The maximum absolute atomic E-state index is 6.06. The first kappa shape index (κ1) is 13.3. The van der Waals surface area contributed by atoms with E-state index in [4.69, 9.17) is 23.2 Å². The third-order valence-corrected chi connectivity index (χ3v) is 3.40. The molecule has 0 amide bonds. The molecule has 0 aliphatic carbocycles. The van der Waals surface area contributed by atoms with Crippen LogP contribution in [0.15, 0.2) is 18.2 Å². The fourth-order valence-electron chi connectivity index (χ4n) is 1.24. The van der Waals surface area contributed by atoms with E-state index in [0.29, 0.717) is 12.6 Å². The normalized spacial score (nSPS) is 12.8. The second kappa shape index (κ2) is 6.74. The molecule has 1 N–H and O–H groups in total. The molecule has 4 heteroatoms. The number of halogens is 3.